The summed E-state index contributed by atoms with van der Waals surface area (Å²) in [4.78, 5) is 24.7. The van der Waals surface area contributed by atoms with Crippen molar-refractivity contribution < 1.29 is 24.2 Å². The van der Waals surface area contributed by atoms with Crippen molar-refractivity contribution in [3.8, 4) is 0 Å². The van der Waals surface area contributed by atoms with Gasteiger partial charge in [0.1, 0.15) is 6.61 Å². The van der Waals surface area contributed by atoms with Gasteiger partial charge >= 0.3 is 11.9 Å². The average Bonchev–Trinajstić information content (AvgIpc) is 3.49. The molecule has 1 atom stereocenters. The van der Waals surface area contributed by atoms with E-state index in [-0.39, 0.29) is 25.2 Å². The monoisotopic (exact) mass is 1150 g/mol. The van der Waals surface area contributed by atoms with Crippen molar-refractivity contribution in [1.82, 2.24) is 0 Å². The summed E-state index contributed by atoms with van der Waals surface area (Å²) in [6.07, 6.45) is 101. The number of ether oxygens (including phenoxy) is 2. The Morgan fingerprint density at radius 2 is 0.524 bits per heavy atom. The van der Waals surface area contributed by atoms with Crippen LogP contribution in [0.2, 0.25) is 0 Å². The van der Waals surface area contributed by atoms with Gasteiger partial charge in [-0.2, -0.15) is 0 Å². The molecule has 0 bridgehead atoms. The molecule has 0 rings (SSSR count). The van der Waals surface area contributed by atoms with E-state index in [1.54, 1.807) is 0 Å². The zero-order valence-corrected chi connectivity index (χ0v) is 55.0. The van der Waals surface area contributed by atoms with Crippen LogP contribution in [0.3, 0.4) is 0 Å². The normalized spacial score (nSPS) is 12.6. The fourth-order valence-electron chi connectivity index (χ4n) is 11.1. The van der Waals surface area contributed by atoms with E-state index in [1.807, 2.05) is 0 Å². The molecule has 0 aliphatic heterocycles. The van der Waals surface area contributed by atoms with Crippen molar-refractivity contribution in [2.75, 3.05) is 13.2 Å². The first-order valence-electron chi connectivity index (χ1n) is 36.5. The van der Waals surface area contributed by atoms with Crippen molar-refractivity contribution >= 4 is 11.9 Å². The first-order chi connectivity index (χ1) is 40.6. The van der Waals surface area contributed by atoms with Crippen molar-refractivity contribution in [3.63, 3.8) is 0 Å². The van der Waals surface area contributed by atoms with E-state index < -0.39 is 6.10 Å². The summed E-state index contributed by atoms with van der Waals surface area (Å²) in [7, 11) is 0. The van der Waals surface area contributed by atoms with Crippen LogP contribution >= 0.6 is 0 Å². The van der Waals surface area contributed by atoms with E-state index in [4.69, 9.17) is 9.47 Å². The smallest absolute Gasteiger partial charge is 0.306 e. The van der Waals surface area contributed by atoms with Gasteiger partial charge in [0, 0.05) is 12.8 Å². The maximum Gasteiger partial charge on any atom is 0.306 e. The first kappa shape index (κ1) is 79.3. The van der Waals surface area contributed by atoms with E-state index in [0.717, 1.165) is 70.6 Å². The lowest BCUT2D eigenvalue weighted by atomic mass is 10.0. The number of aliphatic hydroxyl groups is 1. The molecule has 0 aromatic carbocycles. The molecular formula is C77H140O5. The van der Waals surface area contributed by atoms with Crippen LogP contribution in [-0.4, -0.2) is 36.4 Å². The molecule has 0 heterocycles. The molecule has 478 valence electrons. The number of unbranched alkanes of at least 4 members (excludes halogenated alkanes) is 48. The third-order valence-electron chi connectivity index (χ3n) is 16.5. The minimum Gasteiger partial charge on any atom is -0.462 e. The Morgan fingerprint density at radius 1 is 0.293 bits per heavy atom. The molecule has 5 heteroatoms. The van der Waals surface area contributed by atoms with Gasteiger partial charge in [-0.3, -0.25) is 9.59 Å². The number of esters is 2. The maximum absolute atomic E-state index is 12.4. The van der Waals surface area contributed by atoms with Gasteiger partial charge in [0.2, 0.25) is 0 Å². The standard InChI is InChI=1S/C77H140O5/c1-3-5-7-9-11-13-15-17-19-21-23-25-27-29-31-33-35-37-38-40-41-43-45-47-49-51-53-55-57-59-61-63-65-67-69-71-76(79)81-74-75(73-78)82-77(80)72-70-68-66-64-62-60-58-56-54-52-50-48-46-44-42-39-36-34-32-30-28-26-24-22-20-18-16-14-12-10-8-6-4-2/h6,8,12,14,18,20-21,23-24,26,30,32,75,78H,3-5,7,9-11,13,15-17,19,22,25,27-29,31,33-74H2,1-2H3/b8-6-,14-12-,20-18-,23-21-,26-24-,32-30-. The van der Waals surface area contributed by atoms with Crippen LogP contribution < -0.4 is 0 Å². The second-order valence-corrected chi connectivity index (χ2v) is 24.6. The molecule has 0 fully saturated rings. The Bertz CT molecular complexity index is 1440. The third kappa shape index (κ3) is 69.8. The number of hydrogen-bond donors (Lipinski definition) is 1. The molecule has 1 N–H and O–H groups in total. The number of carbonyl (C=O) groups excluding carboxylic acids is 2. The highest BCUT2D eigenvalue weighted by molar-refractivity contribution is 5.70. The highest BCUT2D eigenvalue weighted by Gasteiger charge is 2.16. The van der Waals surface area contributed by atoms with Gasteiger partial charge < -0.3 is 14.6 Å². The lowest BCUT2D eigenvalue weighted by Gasteiger charge is -2.15. The van der Waals surface area contributed by atoms with Gasteiger partial charge in [0.05, 0.1) is 6.61 Å². The highest BCUT2D eigenvalue weighted by atomic mass is 16.6. The minimum atomic E-state index is -0.773. The average molecular weight is 1150 g/mol. The highest BCUT2D eigenvalue weighted by Crippen LogP contribution is 2.19. The predicted molar refractivity (Wildman–Crippen MR) is 362 cm³/mol. The van der Waals surface area contributed by atoms with Gasteiger partial charge in [0.15, 0.2) is 6.10 Å². The van der Waals surface area contributed by atoms with E-state index in [1.165, 1.54) is 289 Å². The lowest BCUT2D eigenvalue weighted by molar-refractivity contribution is -0.161. The molecule has 0 aromatic rings. The summed E-state index contributed by atoms with van der Waals surface area (Å²) < 4.78 is 10.8. The van der Waals surface area contributed by atoms with Crippen LogP contribution in [0.1, 0.15) is 386 Å². The van der Waals surface area contributed by atoms with Crippen molar-refractivity contribution in [1.29, 1.82) is 0 Å². The molecule has 0 radical (unpaired) electrons. The Morgan fingerprint density at radius 3 is 0.805 bits per heavy atom. The van der Waals surface area contributed by atoms with E-state index in [0.29, 0.717) is 12.8 Å². The van der Waals surface area contributed by atoms with E-state index >= 15 is 0 Å². The Hall–Kier alpha value is -2.66. The molecule has 0 saturated heterocycles. The first-order valence-corrected chi connectivity index (χ1v) is 36.5. The number of hydrogen-bond acceptors (Lipinski definition) is 5. The molecule has 0 amide bonds. The van der Waals surface area contributed by atoms with Crippen LogP contribution in [0.15, 0.2) is 72.9 Å². The SMILES string of the molecule is CC/C=C\C/C=C\C/C=C\C/C=C\C/C=C\CCCCCCCCCCCCCCCCCCCC(=O)OC(CO)COC(=O)CCCCCCCCCCCCCCCCCCCCCCCCC/C=C\CCCCCCCCCC. The molecule has 0 spiro atoms. The quantitative estimate of drug-likeness (QED) is 0.0373. The topological polar surface area (TPSA) is 72.8 Å². The second kappa shape index (κ2) is 72.6. The van der Waals surface area contributed by atoms with Crippen LogP contribution in [0, 0.1) is 0 Å². The Balaban J connectivity index is 3.40. The molecule has 82 heavy (non-hydrogen) atoms. The molecule has 0 aromatic heterocycles. The molecule has 5 nitrogen and oxygen atoms in total. The molecular weight excluding hydrogens is 1000 g/mol. The van der Waals surface area contributed by atoms with Gasteiger partial charge in [-0.1, -0.05) is 363 Å². The summed E-state index contributed by atoms with van der Waals surface area (Å²) >= 11 is 0. The van der Waals surface area contributed by atoms with Crippen molar-refractivity contribution in [2.45, 2.75) is 392 Å². The van der Waals surface area contributed by atoms with Gasteiger partial charge in [-0.05, 0) is 83.5 Å². The predicted octanol–water partition coefficient (Wildman–Crippen LogP) is 25.4. The van der Waals surface area contributed by atoms with Crippen LogP contribution in [0.4, 0.5) is 0 Å². The molecule has 1 unspecified atom stereocenters. The third-order valence-corrected chi connectivity index (χ3v) is 16.5. The van der Waals surface area contributed by atoms with E-state index in [2.05, 4.69) is 86.8 Å². The maximum atomic E-state index is 12.4. The number of carbonyl (C=O) groups is 2. The van der Waals surface area contributed by atoms with Gasteiger partial charge in [-0.15, -0.1) is 0 Å². The van der Waals surface area contributed by atoms with Crippen molar-refractivity contribution in [2.24, 2.45) is 0 Å². The minimum absolute atomic E-state index is 0.0620. The summed E-state index contributed by atoms with van der Waals surface area (Å²) in [5.74, 6) is -0.570. The van der Waals surface area contributed by atoms with Gasteiger partial charge in [0.25, 0.3) is 0 Å². The largest absolute Gasteiger partial charge is 0.462 e. The van der Waals surface area contributed by atoms with E-state index in [9.17, 15) is 14.7 Å². The lowest BCUT2D eigenvalue weighted by Crippen LogP contribution is -2.28. The Kier molecular flexibility index (Phi) is 70.2. The zero-order chi connectivity index (χ0) is 59.1. The van der Waals surface area contributed by atoms with Crippen molar-refractivity contribution in [3.05, 3.63) is 72.9 Å². The number of aliphatic hydroxyl groups excluding tert-OH is 1. The van der Waals surface area contributed by atoms with Crippen LogP contribution in [-0.2, 0) is 19.1 Å². The number of rotatable bonds is 68. The molecule has 0 aliphatic carbocycles. The van der Waals surface area contributed by atoms with Crippen LogP contribution in [0.5, 0.6) is 0 Å². The summed E-state index contributed by atoms with van der Waals surface area (Å²) in [5.41, 5.74) is 0. The fraction of sp³-hybridized carbons (Fsp3) is 0.818. The summed E-state index contributed by atoms with van der Waals surface area (Å²) in [6, 6.07) is 0. The number of allylic oxidation sites excluding steroid dienone is 12. The van der Waals surface area contributed by atoms with Crippen LogP contribution in [0.25, 0.3) is 0 Å². The molecule has 0 aliphatic rings. The second-order valence-electron chi connectivity index (χ2n) is 24.6. The van der Waals surface area contributed by atoms with Gasteiger partial charge in [-0.25, -0.2) is 0 Å². The fourth-order valence-corrected chi connectivity index (χ4v) is 11.1. The Labute approximate surface area is 512 Å². The summed E-state index contributed by atoms with van der Waals surface area (Å²) in [6.45, 7) is 4.08. The zero-order valence-electron chi connectivity index (χ0n) is 55.0. The molecule has 0 saturated carbocycles. The summed E-state index contributed by atoms with van der Waals surface area (Å²) in [5, 5.41) is 9.71.